The van der Waals surface area contributed by atoms with Gasteiger partial charge in [0.2, 0.25) is 0 Å². The lowest BCUT2D eigenvalue weighted by atomic mass is 10.1. The average Bonchev–Trinajstić information content (AvgIpc) is 3.26. The number of aromatic nitrogens is 2. The number of anilines is 1. The summed E-state index contributed by atoms with van der Waals surface area (Å²) in [5.74, 6) is -0.0588. The monoisotopic (exact) mass is 342 g/mol. The average molecular weight is 342 g/mol. The van der Waals surface area contributed by atoms with Crippen molar-refractivity contribution in [1.82, 2.24) is 15.1 Å². The first-order valence-electron chi connectivity index (χ1n) is 8.72. The van der Waals surface area contributed by atoms with Crippen LogP contribution in [0.1, 0.15) is 34.6 Å². The van der Waals surface area contributed by atoms with Gasteiger partial charge in [0.25, 0.3) is 5.91 Å². The SMILES string of the molecule is Cc1cc(C(=O)N(Cc2ccc(N(C)C)cc2)C[C@H]2CCCO2)n[nH]1. The van der Waals surface area contributed by atoms with Crippen molar-refractivity contribution in [1.29, 1.82) is 0 Å². The van der Waals surface area contributed by atoms with Gasteiger partial charge in [0.15, 0.2) is 0 Å². The highest BCUT2D eigenvalue weighted by Crippen LogP contribution is 2.18. The van der Waals surface area contributed by atoms with Crippen molar-refractivity contribution in [2.75, 3.05) is 32.1 Å². The van der Waals surface area contributed by atoms with Gasteiger partial charge in [0.1, 0.15) is 5.69 Å². The largest absolute Gasteiger partial charge is 0.378 e. The van der Waals surface area contributed by atoms with Gasteiger partial charge in [-0.15, -0.1) is 0 Å². The van der Waals surface area contributed by atoms with E-state index >= 15 is 0 Å². The smallest absolute Gasteiger partial charge is 0.274 e. The van der Waals surface area contributed by atoms with Crippen LogP contribution >= 0.6 is 0 Å². The van der Waals surface area contributed by atoms with E-state index in [1.807, 2.05) is 25.9 Å². The Hall–Kier alpha value is -2.34. The van der Waals surface area contributed by atoms with Crippen LogP contribution in [0.3, 0.4) is 0 Å². The molecule has 0 radical (unpaired) electrons. The van der Waals surface area contributed by atoms with E-state index < -0.39 is 0 Å². The molecule has 1 aromatic heterocycles. The highest BCUT2D eigenvalue weighted by molar-refractivity contribution is 5.92. The molecule has 3 rings (SSSR count). The molecule has 1 aliphatic rings. The minimum absolute atomic E-state index is 0.0588. The number of amides is 1. The third-order valence-corrected chi connectivity index (χ3v) is 4.49. The molecule has 1 aliphatic heterocycles. The van der Waals surface area contributed by atoms with E-state index in [0.29, 0.717) is 18.8 Å². The molecule has 2 aromatic rings. The zero-order chi connectivity index (χ0) is 17.8. The van der Waals surface area contributed by atoms with Crippen LogP contribution < -0.4 is 4.90 Å². The van der Waals surface area contributed by atoms with Crippen molar-refractivity contribution in [3.8, 4) is 0 Å². The zero-order valence-corrected chi connectivity index (χ0v) is 15.2. The van der Waals surface area contributed by atoms with Crippen LogP contribution in [0.15, 0.2) is 30.3 Å². The number of carbonyl (C=O) groups is 1. The van der Waals surface area contributed by atoms with Crippen molar-refractivity contribution in [3.05, 3.63) is 47.3 Å². The quantitative estimate of drug-likeness (QED) is 0.876. The van der Waals surface area contributed by atoms with E-state index in [1.165, 1.54) is 0 Å². The topological polar surface area (TPSA) is 61.5 Å². The molecule has 6 nitrogen and oxygen atoms in total. The van der Waals surface area contributed by atoms with Gasteiger partial charge in [-0.25, -0.2) is 0 Å². The summed E-state index contributed by atoms with van der Waals surface area (Å²) in [6.45, 7) is 3.83. The first-order chi connectivity index (χ1) is 12.0. The minimum Gasteiger partial charge on any atom is -0.378 e. The van der Waals surface area contributed by atoms with Gasteiger partial charge in [0, 0.05) is 45.2 Å². The molecule has 0 aliphatic carbocycles. The number of carbonyl (C=O) groups excluding carboxylic acids is 1. The fraction of sp³-hybridized carbons (Fsp3) is 0.474. The molecule has 1 saturated heterocycles. The van der Waals surface area contributed by atoms with Crippen LogP contribution in [0.25, 0.3) is 0 Å². The normalized spacial score (nSPS) is 16.8. The van der Waals surface area contributed by atoms with Gasteiger partial charge in [-0.05, 0) is 43.5 Å². The van der Waals surface area contributed by atoms with Crippen LogP contribution in [0, 0.1) is 6.92 Å². The number of aryl methyl sites for hydroxylation is 1. The molecule has 1 aromatic carbocycles. The Bertz CT molecular complexity index is 702. The number of nitrogens with one attached hydrogen (secondary N) is 1. The maximum atomic E-state index is 12.9. The Morgan fingerprint density at radius 1 is 1.32 bits per heavy atom. The molecule has 25 heavy (non-hydrogen) atoms. The van der Waals surface area contributed by atoms with Crippen molar-refractivity contribution in [2.45, 2.75) is 32.4 Å². The van der Waals surface area contributed by atoms with Gasteiger partial charge in [0.05, 0.1) is 6.10 Å². The summed E-state index contributed by atoms with van der Waals surface area (Å²) in [4.78, 5) is 16.8. The summed E-state index contributed by atoms with van der Waals surface area (Å²) in [6, 6.07) is 10.1. The molecule has 1 amide bonds. The number of nitrogens with zero attached hydrogens (tertiary/aromatic N) is 3. The molecule has 1 atom stereocenters. The van der Waals surface area contributed by atoms with E-state index in [4.69, 9.17) is 4.74 Å². The van der Waals surface area contributed by atoms with Crippen molar-refractivity contribution >= 4 is 11.6 Å². The molecule has 1 N–H and O–H groups in total. The predicted octanol–water partition coefficient (Wildman–Crippen LogP) is 2.61. The molecular formula is C19H26N4O2. The summed E-state index contributed by atoms with van der Waals surface area (Å²) in [7, 11) is 4.03. The van der Waals surface area contributed by atoms with Gasteiger partial charge in [-0.1, -0.05) is 12.1 Å². The highest BCUT2D eigenvalue weighted by Gasteiger charge is 2.25. The number of H-pyrrole nitrogens is 1. The van der Waals surface area contributed by atoms with Crippen LogP contribution in [-0.2, 0) is 11.3 Å². The Morgan fingerprint density at radius 2 is 2.08 bits per heavy atom. The molecule has 134 valence electrons. The van der Waals surface area contributed by atoms with Crippen molar-refractivity contribution in [2.24, 2.45) is 0 Å². The third kappa shape index (κ3) is 4.39. The molecular weight excluding hydrogens is 316 g/mol. The summed E-state index contributed by atoms with van der Waals surface area (Å²) in [5.41, 5.74) is 3.59. The lowest BCUT2D eigenvalue weighted by Crippen LogP contribution is -2.37. The third-order valence-electron chi connectivity index (χ3n) is 4.49. The van der Waals surface area contributed by atoms with E-state index in [1.54, 1.807) is 6.07 Å². The number of aromatic amines is 1. The molecule has 0 saturated carbocycles. The molecule has 6 heteroatoms. The summed E-state index contributed by atoms with van der Waals surface area (Å²) < 4.78 is 5.73. The minimum atomic E-state index is -0.0588. The van der Waals surface area contributed by atoms with Crippen LogP contribution in [0.4, 0.5) is 5.69 Å². The number of ether oxygens (including phenoxy) is 1. The predicted molar refractivity (Wildman–Crippen MR) is 97.8 cm³/mol. The summed E-state index contributed by atoms with van der Waals surface area (Å²) >= 11 is 0. The summed E-state index contributed by atoms with van der Waals surface area (Å²) in [6.07, 6.45) is 2.18. The summed E-state index contributed by atoms with van der Waals surface area (Å²) in [5, 5.41) is 6.97. The van der Waals surface area contributed by atoms with E-state index in [-0.39, 0.29) is 12.0 Å². The molecule has 0 bridgehead atoms. The van der Waals surface area contributed by atoms with Crippen LogP contribution in [0.2, 0.25) is 0 Å². The Labute approximate surface area is 148 Å². The first-order valence-corrected chi connectivity index (χ1v) is 8.72. The number of rotatable bonds is 6. The number of hydrogen-bond acceptors (Lipinski definition) is 4. The van der Waals surface area contributed by atoms with Gasteiger partial charge < -0.3 is 14.5 Å². The van der Waals surface area contributed by atoms with Crippen molar-refractivity contribution < 1.29 is 9.53 Å². The standard InChI is InChI=1S/C19H26N4O2/c1-14-11-18(21-20-14)19(24)23(13-17-5-4-10-25-17)12-15-6-8-16(9-7-15)22(2)3/h6-9,11,17H,4-5,10,12-13H2,1-3H3,(H,20,21)/t17-/m1/s1. The van der Waals surface area contributed by atoms with E-state index in [9.17, 15) is 4.79 Å². The number of hydrogen-bond donors (Lipinski definition) is 1. The first kappa shape index (κ1) is 17.5. The lowest BCUT2D eigenvalue weighted by Gasteiger charge is -2.25. The van der Waals surface area contributed by atoms with Gasteiger partial charge in [-0.3, -0.25) is 9.89 Å². The maximum Gasteiger partial charge on any atom is 0.274 e. The van der Waals surface area contributed by atoms with Crippen LogP contribution in [0.5, 0.6) is 0 Å². The van der Waals surface area contributed by atoms with E-state index in [0.717, 1.165) is 36.4 Å². The van der Waals surface area contributed by atoms with Crippen molar-refractivity contribution in [3.63, 3.8) is 0 Å². The van der Waals surface area contributed by atoms with E-state index in [2.05, 4.69) is 39.4 Å². The second kappa shape index (κ2) is 7.70. The molecule has 2 heterocycles. The Kier molecular flexibility index (Phi) is 5.38. The zero-order valence-electron chi connectivity index (χ0n) is 15.2. The molecule has 1 fully saturated rings. The Morgan fingerprint density at radius 3 is 2.64 bits per heavy atom. The second-order valence-corrected chi connectivity index (χ2v) is 6.82. The lowest BCUT2D eigenvalue weighted by molar-refractivity contribution is 0.0503. The second-order valence-electron chi connectivity index (χ2n) is 6.82. The molecule has 0 spiro atoms. The van der Waals surface area contributed by atoms with Gasteiger partial charge in [-0.2, -0.15) is 5.10 Å². The molecule has 0 unspecified atom stereocenters. The number of benzene rings is 1. The van der Waals surface area contributed by atoms with Gasteiger partial charge >= 0.3 is 0 Å². The maximum absolute atomic E-state index is 12.9. The van der Waals surface area contributed by atoms with Crippen LogP contribution in [-0.4, -0.2) is 54.4 Å². The highest BCUT2D eigenvalue weighted by atomic mass is 16.5. The fourth-order valence-electron chi connectivity index (χ4n) is 3.06. The Balaban J connectivity index is 1.76. The fourth-order valence-corrected chi connectivity index (χ4v) is 3.06.